The first-order valence-electron chi connectivity index (χ1n) is 9.15. The molecule has 4 fully saturated rings. The lowest BCUT2D eigenvalue weighted by atomic mass is 9.54. The molecule has 0 atom stereocenters. The topological polar surface area (TPSA) is 50.4 Å². The summed E-state index contributed by atoms with van der Waals surface area (Å²) in [5, 5.41) is 5.95. The molecular weight excluding hydrogens is 326 g/mol. The van der Waals surface area contributed by atoms with Crippen molar-refractivity contribution in [3.05, 3.63) is 29.8 Å². The Morgan fingerprint density at radius 1 is 1.08 bits per heavy atom. The highest BCUT2D eigenvalue weighted by Crippen LogP contribution is 2.53. The van der Waals surface area contributed by atoms with Crippen LogP contribution in [0.5, 0.6) is 5.75 Å². The van der Waals surface area contributed by atoms with Crippen LogP contribution in [0.3, 0.4) is 0 Å². The second-order valence-electron chi connectivity index (χ2n) is 7.77. The summed E-state index contributed by atoms with van der Waals surface area (Å²) in [5.41, 5.74) is 0.544. The highest BCUT2D eigenvalue weighted by atomic mass is 19.3. The fourth-order valence-electron chi connectivity index (χ4n) is 5.40. The van der Waals surface area contributed by atoms with Crippen molar-refractivity contribution >= 4 is 6.03 Å². The van der Waals surface area contributed by atoms with Gasteiger partial charge in [-0.15, -0.1) is 0 Å². The van der Waals surface area contributed by atoms with Crippen molar-refractivity contribution in [2.45, 2.75) is 51.3 Å². The van der Waals surface area contributed by atoms with Crippen LogP contribution in [0.2, 0.25) is 0 Å². The number of rotatable bonds is 5. The van der Waals surface area contributed by atoms with Gasteiger partial charge in [0.25, 0.3) is 0 Å². The van der Waals surface area contributed by atoms with E-state index in [0.717, 1.165) is 11.8 Å². The van der Waals surface area contributed by atoms with Crippen LogP contribution < -0.4 is 15.4 Å². The van der Waals surface area contributed by atoms with Crippen molar-refractivity contribution in [3.8, 4) is 5.75 Å². The van der Waals surface area contributed by atoms with Gasteiger partial charge in [0.1, 0.15) is 5.75 Å². The third-order valence-electron chi connectivity index (χ3n) is 6.15. The number of para-hydroxylation sites is 1. The van der Waals surface area contributed by atoms with Gasteiger partial charge in [-0.2, -0.15) is 8.78 Å². The maximum atomic E-state index is 12.5. The molecule has 4 aliphatic carbocycles. The molecule has 1 aromatic carbocycles. The van der Waals surface area contributed by atoms with Gasteiger partial charge in [-0.25, -0.2) is 4.79 Å². The Balaban J connectivity index is 1.33. The summed E-state index contributed by atoms with van der Waals surface area (Å²) in [6, 6.07) is 6.59. The summed E-state index contributed by atoms with van der Waals surface area (Å²) in [7, 11) is 0. The van der Waals surface area contributed by atoms with Gasteiger partial charge in [-0.1, -0.05) is 18.2 Å². The summed E-state index contributed by atoms with van der Waals surface area (Å²) >= 11 is 0. The number of alkyl halides is 2. The summed E-state index contributed by atoms with van der Waals surface area (Å²) in [5.74, 6) is 3.05. The highest BCUT2D eigenvalue weighted by molar-refractivity contribution is 5.74. The van der Waals surface area contributed by atoms with E-state index < -0.39 is 6.61 Å². The molecule has 1 aromatic rings. The number of carbonyl (C=O) groups excluding carboxylic acids is 1. The van der Waals surface area contributed by atoms with E-state index in [-0.39, 0.29) is 24.4 Å². The van der Waals surface area contributed by atoms with Gasteiger partial charge < -0.3 is 15.4 Å². The zero-order valence-corrected chi connectivity index (χ0v) is 14.1. The Hall–Kier alpha value is -1.85. The molecule has 0 heterocycles. The van der Waals surface area contributed by atoms with Crippen LogP contribution >= 0.6 is 0 Å². The smallest absolute Gasteiger partial charge is 0.387 e. The SMILES string of the molecule is O=C(NCc1ccccc1OC(F)F)NC1C2CC3CC(C2)CC1C3. The minimum atomic E-state index is -2.87. The maximum Gasteiger partial charge on any atom is 0.387 e. The number of halogens is 2. The Labute approximate surface area is 146 Å². The number of ether oxygens (including phenoxy) is 1. The van der Waals surface area contributed by atoms with Gasteiger partial charge in [0.15, 0.2) is 0 Å². The predicted molar refractivity (Wildman–Crippen MR) is 89.3 cm³/mol. The van der Waals surface area contributed by atoms with Gasteiger partial charge in [0, 0.05) is 18.2 Å². The van der Waals surface area contributed by atoms with Crippen LogP contribution in [-0.2, 0) is 6.54 Å². The fourth-order valence-corrected chi connectivity index (χ4v) is 5.40. The first-order chi connectivity index (χ1) is 12.1. The number of urea groups is 1. The van der Waals surface area contributed by atoms with E-state index >= 15 is 0 Å². The Morgan fingerprint density at radius 2 is 1.72 bits per heavy atom. The van der Waals surface area contributed by atoms with E-state index in [1.165, 1.54) is 38.2 Å². The van der Waals surface area contributed by atoms with E-state index in [1.54, 1.807) is 18.2 Å². The molecule has 0 radical (unpaired) electrons. The third kappa shape index (κ3) is 3.58. The second kappa shape index (κ2) is 6.81. The van der Waals surface area contributed by atoms with Crippen molar-refractivity contribution in [1.29, 1.82) is 0 Å². The molecule has 6 heteroatoms. The molecule has 25 heavy (non-hydrogen) atoms. The van der Waals surface area contributed by atoms with E-state index in [1.807, 2.05) is 0 Å². The fraction of sp³-hybridized carbons (Fsp3) is 0.632. The molecule has 0 aliphatic heterocycles. The van der Waals surface area contributed by atoms with Crippen LogP contribution in [0.1, 0.15) is 37.7 Å². The van der Waals surface area contributed by atoms with Crippen molar-refractivity contribution in [1.82, 2.24) is 10.6 Å². The molecule has 4 saturated carbocycles. The summed E-state index contributed by atoms with van der Waals surface area (Å²) < 4.78 is 29.4. The van der Waals surface area contributed by atoms with Gasteiger partial charge in [0.05, 0.1) is 0 Å². The van der Waals surface area contributed by atoms with Crippen molar-refractivity contribution in [3.63, 3.8) is 0 Å². The number of hydrogen-bond acceptors (Lipinski definition) is 2. The maximum absolute atomic E-state index is 12.5. The zero-order valence-electron chi connectivity index (χ0n) is 14.1. The lowest BCUT2D eigenvalue weighted by molar-refractivity contribution is -0.0504. The van der Waals surface area contributed by atoms with Gasteiger partial charge in [0.2, 0.25) is 0 Å². The highest BCUT2D eigenvalue weighted by Gasteiger charge is 2.48. The minimum absolute atomic E-state index is 0.104. The van der Waals surface area contributed by atoms with Crippen LogP contribution in [0.15, 0.2) is 24.3 Å². The molecule has 136 valence electrons. The zero-order chi connectivity index (χ0) is 17.4. The van der Waals surface area contributed by atoms with Crippen LogP contribution in [-0.4, -0.2) is 18.7 Å². The van der Waals surface area contributed by atoms with Crippen molar-refractivity contribution in [2.75, 3.05) is 0 Å². The van der Waals surface area contributed by atoms with Gasteiger partial charge in [-0.3, -0.25) is 0 Å². The number of benzene rings is 1. The molecule has 4 nitrogen and oxygen atoms in total. The number of nitrogens with one attached hydrogen (secondary N) is 2. The quantitative estimate of drug-likeness (QED) is 0.846. The first kappa shape index (κ1) is 16.6. The molecular formula is C19H24F2N2O2. The molecule has 4 aliphatic rings. The normalized spacial score (nSPS) is 32.7. The van der Waals surface area contributed by atoms with Crippen molar-refractivity contribution in [2.24, 2.45) is 23.7 Å². The number of amides is 2. The molecule has 0 unspecified atom stereocenters. The number of hydrogen-bond donors (Lipinski definition) is 2. The lowest BCUT2D eigenvalue weighted by Gasteiger charge is -2.54. The van der Waals surface area contributed by atoms with E-state index in [4.69, 9.17) is 0 Å². The summed E-state index contributed by atoms with van der Waals surface area (Å²) in [6.45, 7) is -2.70. The average Bonchev–Trinajstić information content (AvgIpc) is 2.56. The molecule has 2 N–H and O–H groups in total. The summed E-state index contributed by atoms with van der Waals surface area (Å²) in [6.07, 6.45) is 6.34. The van der Waals surface area contributed by atoms with Gasteiger partial charge in [-0.05, 0) is 61.8 Å². The van der Waals surface area contributed by atoms with E-state index in [0.29, 0.717) is 17.4 Å². The number of carbonyl (C=O) groups is 1. The average molecular weight is 350 g/mol. The van der Waals surface area contributed by atoms with Crippen LogP contribution in [0.4, 0.5) is 13.6 Å². The van der Waals surface area contributed by atoms with Crippen LogP contribution in [0.25, 0.3) is 0 Å². The predicted octanol–water partition coefficient (Wildman–Crippen LogP) is 3.91. The van der Waals surface area contributed by atoms with Crippen molar-refractivity contribution < 1.29 is 18.3 Å². The summed E-state index contributed by atoms with van der Waals surface area (Å²) in [4.78, 5) is 12.3. The molecule has 0 saturated heterocycles. The molecule has 5 rings (SSSR count). The van der Waals surface area contributed by atoms with E-state index in [2.05, 4.69) is 15.4 Å². The van der Waals surface area contributed by atoms with Crippen LogP contribution in [0, 0.1) is 23.7 Å². The van der Waals surface area contributed by atoms with E-state index in [9.17, 15) is 13.6 Å². The second-order valence-corrected chi connectivity index (χ2v) is 7.77. The minimum Gasteiger partial charge on any atom is -0.434 e. The standard InChI is InChI=1S/C19H24F2N2O2/c20-18(21)25-16-4-2-1-3-13(16)10-22-19(24)23-17-14-6-11-5-12(8-14)9-15(17)7-11/h1-4,11-12,14-15,17-18H,5-10H2,(H2,22,23,24). The van der Waals surface area contributed by atoms with Gasteiger partial charge >= 0.3 is 12.6 Å². The Morgan fingerprint density at radius 3 is 2.36 bits per heavy atom. The third-order valence-corrected chi connectivity index (χ3v) is 6.15. The molecule has 4 bridgehead atoms. The molecule has 0 spiro atoms. The largest absolute Gasteiger partial charge is 0.434 e. The Bertz CT molecular complexity index is 610. The lowest BCUT2D eigenvalue weighted by Crippen LogP contribution is -2.57. The molecule has 0 aromatic heterocycles. The molecule has 2 amide bonds. The first-order valence-corrected chi connectivity index (χ1v) is 9.15. The monoisotopic (exact) mass is 350 g/mol. The Kier molecular flexibility index (Phi) is 4.52.